The van der Waals surface area contributed by atoms with Crippen molar-refractivity contribution in [3.63, 3.8) is 0 Å². The lowest BCUT2D eigenvalue weighted by Gasteiger charge is -2.26. The molecule has 6 nitrogen and oxygen atoms in total. The van der Waals surface area contributed by atoms with Crippen molar-refractivity contribution in [1.29, 1.82) is 0 Å². The van der Waals surface area contributed by atoms with E-state index in [4.69, 9.17) is 11.6 Å². The van der Waals surface area contributed by atoms with Crippen molar-refractivity contribution in [3.05, 3.63) is 64.4 Å². The van der Waals surface area contributed by atoms with Crippen LogP contribution in [-0.4, -0.2) is 45.9 Å². The summed E-state index contributed by atoms with van der Waals surface area (Å²) in [7, 11) is -0.0268. The molecule has 2 N–H and O–H groups in total. The molecule has 1 aliphatic rings. The van der Waals surface area contributed by atoms with Gasteiger partial charge in [-0.2, -0.15) is 0 Å². The highest BCUT2D eigenvalue weighted by atomic mass is 35.5. The van der Waals surface area contributed by atoms with Crippen molar-refractivity contribution in [2.24, 2.45) is 0 Å². The van der Waals surface area contributed by atoms with Crippen molar-refractivity contribution in [2.45, 2.75) is 29.8 Å². The molecule has 1 amide bonds. The van der Waals surface area contributed by atoms with Crippen molar-refractivity contribution in [3.8, 4) is 0 Å². The van der Waals surface area contributed by atoms with Crippen LogP contribution in [0.4, 0.5) is 4.39 Å². The predicted molar refractivity (Wildman–Crippen MR) is 110 cm³/mol. The van der Waals surface area contributed by atoms with Gasteiger partial charge in [0.2, 0.25) is 10.0 Å². The monoisotopic (exact) mass is 439 g/mol. The van der Waals surface area contributed by atoms with Crippen LogP contribution in [0.2, 0.25) is 5.02 Å². The highest BCUT2D eigenvalue weighted by Gasteiger charge is 2.28. The van der Waals surface area contributed by atoms with E-state index in [0.29, 0.717) is 11.1 Å². The Balaban J connectivity index is 1.69. The van der Waals surface area contributed by atoms with Crippen LogP contribution in [-0.2, 0) is 10.0 Å². The van der Waals surface area contributed by atoms with E-state index in [1.165, 1.54) is 36.4 Å². The Bertz CT molecular complexity index is 972. The van der Waals surface area contributed by atoms with E-state index in [9.17, 15) is 17.6 Å². The lowest BCUT2D eigenvalue weighted by atomic mass is 10.0. The lowest BCUT2D eigenvalue weighted by molar-refractivity contribution is 0.0941. The van der Waals surface area contributed by atoms with Gasteiger partial charge < -0.3 is 10.2 Å². The molecule has 1 fully saturated rings. The van der Waals surface area contributed by atoms with Gasteiger partial charge in [0, 0.05) is 28.7 Å². The van der Waals surface area contributed by atoms with E-state index < -0.39 is 21.9 Å². The molecule has 1 atom stereocenters. The van der Waals surface area contributed by atoms with Gasteiger partial charge in [-0.25, -0.2) is 17.5 Å². The second kappa shape index (κ2) is 8.79. The molecule has 0 radical (unpaired) electrons. The van der Waals surface area contributed by atoms with E-state index in [1.54, 1.807) is 25.1 Å². The van der Waals surface area contributed by atoms with Crippen molar-refractivity contribution in [2.75, 3.05) is 20.6 Å². The summed E-state index contributed by atoms with van der Waals surface area (Å²) in [5, 5.41) is 3.05. The Kier molecular flexibility index (Phi) is 6.58. The van der Waals surface area contributed by atoms with E-state index >= 15 is 0 Å². The Labute approximate surface area is 175 Å². The predicted octanol–water partition coefficient (Wildman–Crippen LogP) is 2.95. The minimum atomic E-state index is -3.57. The Morgan fingerprint density at radius 2 is 1.86 bits per heavy atom. The van der Waals surface area contributed by atoms with Gasteiger partial charge in [-0.05, 0) is 63.3 Å². The molecule has 0 heterocycles. The summed E-state index contributed by atoms with van der Waals surface area (Å²) in [6.07, 6.45) is 1.69. The van der Waals surface area contributed by atoms with Crippen LogP contribution in [0.1, 0.15) is 34.8 Å². The number of likely N-dealkylation sites (N-methyl/N-ethyl adjacent to an activating group) is 1. The number of carbonyl (C=O) groups is 1. The van der Waals surface area contributed by atoms with Crippen molar-refractivity contribution in [1.82, 2.24) is 14.9 Å². The Morgan fingerprint density at radius 3 is 2.41 bits per heavy atom. The first-order valence-electron chi connectivity index (χ1n) is 9.20. The van der Waals surface area contributed by atoms with Gasteiger partial charge in [-0.1, -0.05) is 17.7 Å². The second-order valence-corrected chi connectivity index (χ2v) is 9.37. The Hall–Kier alpha value is -2.00. The number of rotatable bonds is 8. The summed E-state index contributed by atoms with van der Waals surface area (Å²) in [6, 6.07) is 9.72. The first-order valence-corrected chi connectivity index (χ1v) is 11.1. The zero-order chi connectivity index (χ0) is 21.2. The summed E-state index contributed by atoms with van der Waals surface area (Å²) >= 11 is 6.16. The van der Waals surface area contributed by atoms with Gasteiger partial charge in [-0.15, -0.1) is 0 Å². The molecule has 0 saturated heterocycles. The maximum absolute atomic E-state index is 14.3. The number of nitrogens with zero attached hydrogens (tertiary/aromatic N) is 1. The number of carbonyl (C=O) groups excluding carboxylic acids is 1. The molecular weight excluding hydrogens is 417 g/mol. The largest absolute Gasteiger partial charge is 0.350 e. The average molecular weight is 440 g/mol. The molecular formula is C20H23ClFN3O3S. The first-order chi connectivity index (χ1) is 13.7. The quantitative estimate of drug-likeness (QED) is 0.662. The minimum Gasteiger partial charge on any atom is -0.350 e. The van der Waals surface area contributed by atoms with Gasteiger partial charge >= 0.3 is 0 Å². The summed E-state index contributed by atoms with van der Waals surface area (Å²) in [4.78, 5) is 14.4. The molecule has 9 heteroatoms. The number of amides is 1. The molecule has 29 heavy (non-hydrogen) atoms. The highest BCUT2D eigenvalue weighted by molar-refractivity contribution is 7.89. The van der Waals surface area contributed by atoms with E-state index in [-0.39, 0.29) is 28.4 Å². The molecule has 1 aliphatic carbocycles. The van der Waals surface area contributed by atoms with Gasteiger partial charge in [0.05, 0.1) is 10.9 Å². The highest BCUT2D eigenvalue weighted by Crippen LogP contribution is 2.28. The number of benzene rings is 2. The molecule has 2 aromatic carbocycles. The normalized spacial score (nSPS) is 15.3. The van der Waals surface area contributed by atoms with Crippen molar-refractivity contribution >= 4 is 27.5 Å². The minimum absolute atomic E-state index is 0.0103. The average Bonchev–Trinajstić information content (AvgIpc) is 3.47. The van der Waals surface area contributed by atoms with Crippen LogP contribution >= 0.6 is 11.6 Å². The first kappa shape index (κ1) is 21.7. The molecule has 2 aromatic rings. The van der Waals surface area contributed by atoms with Crippen LogP contribution < -0.4 is 10.0 Å². The van der Waals surface area contributed by atoms with Crippen LogP contribution in [0.25, 0.3) is 0 Å². The van der Waals surface area contributed by atoms with E-state index in [1.807, 2.05) is 0 Å². The van der Waals surface area contributed by atoms with E-state index in [0.717, 1.165) is 12.8 Å². The van der Waals surface area contributed by atoms with Gasteiger partial charge in [0.1, 0.15) is 5.82 Å². The Morgan fingerprint density at radius 1 is 1.21 bits per heavy atom. The third-order valence-electron chi connectivity index (χ3n) is 4.74. The standard InChI is InChI=1S/C20H23ClFN3O3S/c1-25(2)18(19-16(21)4-3-5-17(19)22)12-23-20(26)13-6-10-15(11-7-13)29(27,28)24-14-8-9-14/h3-7,10-11,14,18,24H,8-9,12H2,1-2H3,(H,23,26)/t18-/m1/s1. The zero-order valence-electron chi connectivity index (χ0n) is 16.2. The summed E-state index contributed by atoms with van der Waals surface area (Å²) in [5.74, 6) is -0.827. The van der Waals surface area contributed by atoms with E-state index in [2.05, 4.69) is 10.0 Å². The molecule has 0 aromatic heterocycles. The zero-order valence-corrected chi connectivity index (χ0v) is 17.7. The number of nitrogens with one attached hydrogen (secondary N) is 2. The number of hydrogen-bond donors (Lipinski definition) is 2. The fourth-order valence-corrected chi connectivity index (χ4v) is 4.53. The van der Waals surface area contributed by atoms with Gasteiger partial charge in [0.15, 0.2) is 0 Å². The fraction of sp³-hybridized carbons (Fsp3) is 0.350. The molecule has 0 unspecified atom stereocenters. The summed E-state index contributed by atoms with van der Waals surface area (Å²) < 4.78 is 41.3. The summed E-state index contributed by atoms with van der Waals surface area (Å²) in [5.41, 5.74) is 0.625. The van der Waals surface area contributed by atoms with Crippen molar-refractivity contribution < 1.29 is 17.6 Å². The maximum atomic E-state index is 14.3. The third kappa shape index (κ3) is 5.33. The van der Waals surface area contributed by atoms with Crippen LogP contribution in [0.3, 0.4) is 0 Å². The number of sulfonamides is 1. The topological polar surface area (TPSA) is 78.5 Å². The molecule has 156 valence electrons. The van der Waals surface area contributed by atoms with Gasteiger partial charge in [0.25, 0.3) is 5.91 Å². The second-order valence-electron chi connectivity index (χ2n) is 7.24. The molecule has 0 aliphatic heterocycles. The van der Waals surface area contributed by atoms with Crippen LogP contribution in [0.15, 0.2) is 47.4 Å². The lowest BCUT2D eigenvalue weighted by Crippen LogP contribution is -2.35. The molecule has 3 rings (SSSR count). The molecule has 1 saturated carbocycles. The third-order valence-corrected chi connectivity index (χ3v) is 6.60. The van der Waals surface area contributed by atoms with Crippen LogP contribution in [0, 0.1) is 5.82 Å². The number of hydrogen-bond acceptors (Lipinski definition) is 4. The van der Waals surface area contributed by atoms with Gasteiger partial charge in [-0.3, -0.25) is 4.79 Å². The SMILES string of the molecule is CN(C)[C@H](CNC(=O)c1ccc(S(=O)(=O)NC2CC2)cc1)c1c(F)cccc1Cl. The molecule has 0 spiro atoms. The molecule has 0 bridgehead atoms. The fourth-order valence-electron chi connectivity index (χ4n) is 2.94. The number of halogens is 2. The van der Waals surface area contributed by atoms with Crippen LogP contribution in [0.5, 0.6) is 0 Å². The summed E-state index contributed by atoms with van der Waals surface area (Å²) in [6.45, 7) is 0.135. The smallest absolute Gasteiger partial charge is 0.251 e. The maximum Gasteiger partial charge on any atom is 0.251 e.